The van der Waals surface area contributed by atoms with Gasteiger partial charge in [0.2, 0.25) is 0 Å². The van der Waals surface area contributed by atoms with Crippen molar-refractivity contribution in [3.05, 3.63) is 48.0 Å². The van der Waals surface area contributed by atoms with Gasteiger partial charge in [-0.3, -0.25) is 9.59 Å². The molecule has 0 amide bonds. The lowest BCUT2D eigenvalue weighted by atomic mass is 9.66. The van der Waals surface area contributed by atoms with Crippen LogP contribution in [0.4, 0.5) is 0 Å². The fraction of sp³-hybridized carbons (Fsp3) is 0.368. The van der Waals surface area contributed by atoms with Crippen molar-refractivity contribution in [1.29, 1.82) is 0 Å². The monoisotopic (exact) mass is 294 g/mol. The molecule has 2 fully saturated rings. The highest BCUT2D eigenvalue weighted by molar-refractivity contribution is 5.94. The van der Waals surface area contributed by atoms with Crippen molar-refractivity contribution in [3.8, 4) is 0 Å². The Hall–Kier alpha value is -2.16. The molecular formula is C19H18O3. The van der Waals surface area contributed by atoms with Crippen LogP contribution in [-0.2, 0) is 20.7 Å². The van der Waals surface area contributed by atoms with Crippen LogP contribution in [-0.4, -0.2) is 17.9 Å². The molecule has 2 aromatic carbocycles. The van der Waals surface area contributed by atoms with Gasteiger partial charge >= 0.3 is 5.97 Å². The molecule has 22 heavy (non-hydrogen) atoms. The number of ether oxygens (including phenoxy) is 1. The predicted molar refractivity (Wildman–Crippen MR) is 83.4 cm³/mol. The van der Waals surface area contributed by atoms with Gasteiger partial charge in [-0.15, -0.1) is 0 Å². The van der Waals surface area contributed by atoms with Gasteiger partial charge in [-0.2, -0.15) is 0 Å². The second kappa shape index (κ2) is 4.94. The Labute approximate surface area is 129 Å². The molecule has 2 atom stereocenters. The smallest absolute Gasteiger partial charge is 0.307 e. The Balaban J connectivity index is 1.80. The normalized spacial score (nSPS) is 27.7. The minimum atomic E-state index is -0.639. The Kier molecular flexibility index (Phi) is 3.03. The molecule has 1 saturated heterocycles. The van der Waals surface area contributed by atoms with Crippen molar-refractivity contribution in [1.82, 2.24) is 0 Å². The number of carbonyl (C=O) groups is 2. The third-order valence-corrected chi connectivity index (χ3v) is 5.16. The van der Waals surface area contributed by atoms with E-state index in [1.165, 1.54) is 5.39 Å². The molecule has 2 aromatic rings. The summed E-state index contributed by atoms with van der Waals surface area (Å²) >= 11 is 0. The molecule has 112 valence electrons. The first-order valence-electron chi connectivity index (χ1n) is 7.88. The van der Waals surface area contributed by atoms with E-state index < -0.39 is 5.41 Å². The van der Waals surface area contributed by atoms with Crippen LogP contribution in [0.15, 0.2) is 42.5 Å². The average Bonchev–Trinajstić information content (AvgIpc) is 2.85. The molecule has 0 unspecified atom stereocenters. The molecule has 1 aliphatic heterocycles. The fourth-order valence-electron chi connectivity index (χ4n) is 4.06. The van der Waals surface area contributed by atoms with Crippen molar-refractivity contribution >= 4 is 22.5 Å². The Morgan fingerprint density at radius 3 is 2.82 bits per heavy atom. The molecule has 0 aromatic heterocycles. The molecule has 1 aliphatic carbocycles. The molecule has 3 heteroatoms. The summed E-state index contributed by atoms with van der Waals surface area (Å²) in [6.07, 6.45) is 2.80. The summed E-state index contributed by atoms with van der Waals surface area (Å²) in [5.41, 5.74) is 0.496. The van der Waals surface area contributed by atoms with Gasteiger partial charge < -0.3 is 4.74 Å². The van der Waals surface area contributed by atoms with Gasteiger partial charge in [0.05, 0.1) is 11.8 Å². The molecular weight excluding hydrogens is 276 g/mol. The maximum atomic E-state index is 12.7. The highest BCUT2D eigenvalue weighted by Crippen LogP contribution is 2.46. The lowest BCUT2D eigenvalue weighted by Gasteiger charge is -2.35. The van der Waals surface area contributed by atoms with Crippen molar-refractivity contribution in [2.24, 2.45) is 5.41 Å². The number of rotatable bonds is 2. The quantitative estimate of drug-likeness (QED) is 0.797. The highest BCUT2D eigenvalue weighted by Gasteiger charge is 2.55. The molecule has 4 rings (SSSR count). The van der Waals surface area contributed by atoms with Gasteiger partial charge in [0.25, 0.3) is 0 Å². The van der Waals surface area contributed by atoms with E-state index in [-0.39, 0.29) is 24.3 Å². The number of benzene rings is 2. The van der Waals surface area contributed by atoms with Gasteiger partial charge in [-0.1, -0.05) is 42.5 Å². The van der Waals surface area contributed by atoms with Gasteiger partial charge in [-0.05, 0) is 35.6 Å². The minimum Gasteiger partial charge on any atom is -0.461 e. The number of fused-ring (bicyclic) bond motifs is 2. The van der Waals surface area contributed by atoms with E-state index in [1.807, 2.05) is 18.2 Å². The SMILES string of the molecule is O=C1C[C@@]2(Cc3cccc4ccccc34)C(=O)CCC[C@@H]2O1. The van der Waals surface area contributed by atoms with Crippen LogP contribution in [0.1, 0.15) is 31.2 Å². The molecule has 2 aliphatic rings. The molecule has 0 N–H and O–H groups in total. The maximum Gasteiger partial charge on any atom is 0.307 e. The predicted octanol–water partition coefficient (Wildman–Crippen LogP) is 3.44. The maximum absolute atomic E-state index is 12.7. The average molecular weight is 294 g/mol. The zero-order chi connectivity index (χ0) is 15.2. The number of ketones is 1. The van der Waals surface area contributed by atoms with Crippen LogP contribution in [0.25, 0.3) is 10.8 Å². The van der Waals surface area contributed by atoms with Crippen LogP contribution >= 0.6 is 0 Å². The molecule has 1 saturated carbocycles. The van der Waals surface area contributed by atoms with Gasteiger partial charge in [0.1, 0.15) is 11.9 Å². The van der Waals surface area contributed by atoms with E-state index in [4.69, 9.17) is 4.74 Å². The van der Waals surface area contributed by atoms with Crippen molar-refractivity contribution < 1.29 is 14.3 Å². The molecule has 0 radical (unpaired) electrons. The zero-order valence-corrected chi connectivity index (χ0v) is 12.4. The first-order valence-corrected chi connectivity index (χ1v) is 7.88. The molecule has 0 spiro atoms. The lowest BCUT2D eigenvalue weighted by Crippen LogP contribution is -2.44. The molecule has 1 heterocycles. The number of hydrogen-bond donors (Lipinski definition) is 0. The Bertz CT molecular complexity index is 759. The van der Waals surface area contributed by atoms with Crippen LogP contribution in [0.2, 0.25) is 0 Å². The van der Waals surface area contributed by atoms with E-state index in [0.717, 1.165) is 23.8 Å². The standard InChI is InChI=1S/C19H18O3/c20-16-9-4-10-17-19(16,12-18(21)22-17)11-14-7-3-6-13-5-1-2-8-15(13)14/h1-3,5-8,17H,4,9-12H2/t17-,19-/m0/s1. The van der Waals surface area contributed by atoms with Gasteiger partial charge in [0.15, 0.2) is 0 Å². The Morgan fingerprint density at radius 2 is 1.91 bits per heavy atom. The Morgan fingerprint density at radius 1 is 1.09 bits per heavy atom. The van der Waals surface area contributed by atoms with Crippen LogP contribution in [0.5, 0.6) is 0 Å². The second-order valence-electron chi connectivity index (χ2n) is 6.44. The van der Waals surface area contributed by atoms with Gasteiger partial charge in [-0.25, -0.2) is 0 Å². The summed E-state index contributed by atoms with van der Waals surface area (Å²) in [7, 11) is 0. The topological polar surface area (TPSA) is 43.4 Å². The highest BCUT2D eigenvalue weighted by atomic mass is 16.6. The zero-order valence-electron chi connectivity index (χ0n) is 12.4. The van der Waals surface area contributed by atoms with E-state index in [1.54, 1.807) is 0 Å². The van der Waals surface area contributed by atoms with Crippen molar-refractivity contribution in [2.75, 3.05) is 0 Å². The van der Waals surface area contributed by atoms with E-state index in [9.17, 15) is 9.59 Å². The van der Waals surface area contributed by atoms with Crippen LogP contribution < -0.4 is 0 Å². The number of Topliss-reactive ketones (excluding diaryl/α,β-unsaturated/α-hetero) is 1. The van der Waals surface area contributed by atoms with Crippen molar-refractivity contribution in [2.45, 2.75) is 38.2 Å². The summed E-state index contributed by atoms with van der Waals surface area (Å²) in [6, 6.07) is 14.4. The first kappa shape index (κ1) is 13.5. The minimum absolute atomic E-state index is 0.197. The largest absolute Gasteiger partial charge is 0.461 e. The van der Waals surface area contributed by atoms with E-state index in [2.05, 4.69) is 24.3 Å². The summed E-state index contributed by atoms with van der Waals surface area (Å²) in [4.78, 5) is 24.5. The first-order chi connectivity index (χ1) is 10.7. The van der Waals surface area contributed by atoms with Crippen LogP contribution in [0.3, 0.4) is 0 Å². The van der Waals surface area contributed by atoms with Gasteiger partial charge in [0, 0.05) is 6.42 Å². The summed E-state index contributed by atoms with van der Waals surface area (Å²) < 4.78 is 5.46. The number of carbonyl (C=O) groups excluding carboxylic acids is 2. The van der Waals surface area contributed by atoms with E-state index >= 15 is 0 Å². The summed E-state index contributed by atoms with van der Waals surface area (Å²) in [5, 5.41) is 2.33. The molecule has 0 bridgehead atoms. The van der Waals surface area contributed by atoms with E-state index in [0.29, 0.717) is 12.8 Å². The second-order valence-corrected chi connectivity index (χ2v) is 6.44. The third-order valence-electron chi connectivity index (χ3n) is 5.16. The fourth-order valence-corrected chi connectivity index (χ4v) is 4.06. The van der Waals surface area contributed by atoms with Crippen molar-refractivity contribution in [3.63, 3.8) is 0 Å². The van der Waals surface area contributed by atoms with Crippen LogP contribution in [0, 0.1) is 5.41 Å². The third kappa shape index (κ3) is 1.96. The lowest BCUT2D eigenvalue weighted by molar-refractivity contribution is -0.144. The summed E-state index contributed by atoms with van der Waals surface area (Å²) in [6.45, 7) is 0. The summed E-state index contributed by atoms with van der Waals surface area (Å²) in [5.74, 6) is -0.0250. The number of hydrogen-bond acceptors (Lipinski definition) is 3. The number of esters is 1. The molecule has 3 nitrogen and oxygen atoms in total.